The summed E-state index contributed by atoms with van der Waals surface area (Å²) in [6, 6.07) is 7.20. The van der Waals surface area contributed by atoms with Gasteiger partial charge in [0.05, 0.1) is 38.0 Å². The monoisotopic (exact) mass is 628 g/mol. The van der Waals surface area contributed by atoms with Crippen LogP contribution in [0.2, 0.25) is 0 Å². The Kier molecular flexibility index (Phi) is 8.65. The predicted octanol–water partition coefficient (Wildman–Crippen LogP) is 2.34. The molecule has 7 rings (SSSR count). The van der Waals surface area contributed by atoms with Gasteiger partial charge in [0.25, 0.3) is 5.91 Å². The zero-order valence-electron chi connectivity index (χ0n) is 26.3. The zero-order chi connectivity index (χ0) is 31.6. The largest absolute Gasteiger partial charge is 0.378 e. The molecule has 0 radical (unpaired) electrons. The molecule has 1 aromatic carbocycles. The minimum atomic E-state index is -0.487. The van der Waals surface area contributed by atoms with Crippen LogP contribution in [0, 0.1) is 0 Å². The van der Waals surface area contributed by atoms with Crippen LogP contribution in [0.1, 0.15) is 28.8 Å². The fraction of sp³-hybridized carbons (Fsp3) is 0.500. The highest BCUT2D eigenvalue weighted by atomic mass is 16.5. The number of likely N-dealkylation sites (tertiary alicyclic amines) is 1. The van der Waals surface area contributed by atoms with Gasteiger partial charge in [-0.05, 0) is 51.2 Å². The number of nitrogens with zero attached hydrogens (tertiary/aromatic N) is 8. The average molecular weight is 629 g/mol. The van der Waals surface area contributed by atoms with Gasteiger partial charge in [-0.3, -0.25) is 10.1 Å². The molecule has 3 fully saturated rings. The van der Waals surface area contributed by atoms with Crippen LogP contribution in [-0.2, 0) is 15.9 Å². The molecule has 14 heteroatoms. The molecule has 242 valence electrons. The van der Waals surface area contributed by atoms with E-state index in [1.807, 2.05) is 4.90 Å². The van der Waals surface area contributed by atoms with Gasteiger partial charge in [0.15, 0.2) is 5.82 Å². The maximum absolute atomic E-state index is 13.0. The number of hydrogen-bond donors (Lipinski definition) is 2. The number of hydrogen-bond acceptors (Lipinski definition) is 11. The lowest BCUT2D eigenvalue weighted by molar-refractivity contribution is 0.0663. The highest BCUT2D eigenvalue weighted by Gasteiger charge is 2.37. The second-order valence-corrected chi connectivity index (χ2v) is 12.3. The van der Waals surface area contributed by atoms with Crippen molar-refractivity contribution >= 4 is 35.2 Å². The summed E-state index contributed by atoms with van der Waals surface area (Å²) in [7, 11) is 4.16. The molecular weight excluding hydrogens is 588 g/mol. The van der Waals surface area contributed by atoms with Crippen LogP contribution >= 0.6 is 0 Å². The van der Waals surface area contributed by atoms with Crippen molar-refractivity contribution in [2.24, 2.45) is 0 Å². The maximum Gasteiger partial charge on any atom is 0.326 e. The summed E-state index contributed by atoms with van der Waals surface area (Å²) in [6.07, 6.45) is 6.03. The molecular formula is C32H40N10O4. The molecule has 1 unspecified atom stereocenters. The number of aromatic nitrogens is 4. The van der Waals surface area contributed by atoms with E-state index in [2.05, 4.69) is 49.4 Å². The summed E-state index contributed by atoms with van der Waals surface area (Å²) in [6.45, 7) is 6.49. The Morgan fingerprint density at radius 1 is 0.870 bits per heavy atom. The number of urea groups is 1. The quantitative estimate of drug-likeness (QED) is 0.416. The smallest absolute Gasteiger partial charge is 0.326 e. The second kappa shape index (κ2) is 13.1. The van der Waals surface area contributed by atoms with Crippen molar-refractivity contribution in [3.05, 3.63) is 47.8 Å². The van der Waals surface area contributed by atoms with E-state index in [1.54, 1.807) is 36.7 Å². The van der Waals surface area contributed by atoms with Gasteiger partial charge in [0, 0.05) is 74.4 Å². The van der Waals surface area contributed by atoms with Crippen molar-refractivity contribution in [1.29, 1.82) is 0 Å². The van der Waals surface area contributed by atoms with E-state index in [0.717, 1.165) is 69.2 Å². The number of carbonyl (C=O) groups is 2. The minimum Gasteiger partial charge on any atom is -0.378 e. The summed E-state index contributed by atoms with van der Waals surface area (Å²) in [5.41, 5.74) is 2.97. The van der Waals surface area contributed by atoms with E-state index in [4.69, 9.17) is 19.4 Å². The van der Waals surface area contributed by atoms with Crippen LogP contribution in [0.15, 0.2) is 36.7 Å². The van der Waals surface area contributed by atoms with E-state index in [1.165, 1.54) is 0 Å². The standard InChI is InChI=1S/C32H40N10O4/c1-39(2)24-7-9-41(10-8-24)30(43)21-3-5-23(6-4-21)35-32(44)38-31-33-18-22(19-34-31)27-36-28(40-11-14-45-15-12-40)26-17-25-20-46-16-13-42(25)29(26)37-27/h3-6,18-19,24-25H,7-17,20H2,1-2H3,(H2,33,34,35,38,44). The Hall–Kier alpha value is -4.40. The molecule has 3 amide bonds. The summed E-state index contributed by atoms with van der Waals surface area (Å²) >= 11 is 0. The lowest BCUT2D eigenvalue weighted by Gasteiger charge is -2.35. The summed E-state index contributed by atoms with van der Waals surface area (Å²) in [5, 5.41) is 5.46. The first kappa shape index (κ1) is 30.3. The van der Waals surface area contributed by atoms with Crippen molar-refractivity contribution in [2.45, 2.75) is 31.3 Å². The molecule has 0 bridgehead atoms. The lowest BCUT2D eigenvalue weighted by atomic mass is 10.0. The molecule has 0 saturated carbocycles. The van der Waals surface area contributed by atoms with Crippen LogP contribution in [0.5, 0.6) is 0 Å². The first-order valence-electron chi connectivity index (χ1n) is 16.0. The van der Waals surface area contributed by atoms with Crippen molar-refractivity contribution in [2.75, 3.05) is 93.7 Å². The van der Waals surface area contributed by atoms with Gasteiger partial charge in [0.2, 0.25) is 5.95 Å². The van der Waals surface area contributed by atoms with Gasteiger partial charge in [-0.2, -0.15) is 0 Å². The van der Waals surface area contributed by atoms with Crippen LogP contribution < -0.4 is 20.4 Å². The number of rotatable bonds is 6. The van der Waals surface area contributed by atoms with Crippen LogP contribution in [0.3, 0.4) is 0 Å². The summed E-state index contributed by atoms with van der Waals surface area (Å²) < 4.78 is 11.3. The molecule has 0 spiro atoms. The van der Waals surface area contributed by atoms with Crippen LogP contribution in [-0.4, -0.2) is 127 Å². The maximum atomic E-state index is 13.0. The van der Waals surface area contributed by atoms with Gasteiger partial charge in [0.1, 0.15) is 11.6 Å². The number of morpholine rings is 2. The Balaban J connectivity index is 0.996. The highest BCUT2D eigenvalue weighted by molar-refractivity contribution is 5.99. The van der Waals surface area contributed by atoms with Gasteiger partial charge in [-0.15, -0.1) is 0 Å². The third-order valence-electron chi connectivity index (χ3n) is 9.22. The number of carbonyl (C=O) groups excluding carboxylic acids is 2. The van der Waals surface area contributed by atoms with E-state index < -0.39 is 6.03 Å². The fourth-order valence-corrected chi connectivity index (χ4v) is 6.62. The van der Waals surface area contributed by atoms with Gasteiger partial charge >= 0.3 is 6.03 Å². The Morgan fingerprint density at radius 3 is 2.28 bits per heavy atom. The normalized spacial score (nSPS) is 20.0. The number of fused-ring (bicyclic) bond motifs is 3. The SMILES string of the molecule is CN(C)C1CCN(C(=O)c2ccc(NC(=O)Nc3ncc(-c4nc(N5CCOCC5)c5c(n4)N4CCOCC4C5)cn3)cc2)CC1. The third kappa shape index (κ3) is 6.32. The number of benzene rings is 1. The van der Waals surface area contributed by atoms with Crippen molar-refractivity contribution in [3.63, 3.8) is 0 Å². The number of amides is 3. The predicted molar refractivity (Wildman–Crippen MR) is 173 cm³/mol. The second-order valence-electron chi connectivity index (χ2n) is 12.3. The molecule has 6 heterocycles. The molecule has 46 heavy (non-hydrogen) atoms. The number of ether oxygens (including phenoxy) is 2. The minimum absolute atomic E-state index is 0.0101. The zero-order valence-corrected chi connectivity index (χ0v) is 26.3. The Labute approximate surface area is 268 Å². The first-order chi connectivity index (χ1) is 22.4. The molecule has 4 aliphatic rings. The molecule has 2 aromatic heterocycles. The number of anilines is 4. The molecule has 3 aromatic rings. The van der Waals surface area contributed by atoms with Crippen LogP contribution in [0.4, 0.5) is 28.1 Å². The van der Waals surface area contributed by atoms with Gasteiger partial charge in [-0.1, -0.05) is 0 Å². The highest BCUT2D eigenvalue weighted by Crippen LogP contribution is 2.39. The van der Waals surface area contributed by atoms with E-state index >= 15 is 0 Å². The van der Waals surface area contributed by atoms with E-state index in [0.29, 0.717) is 55.1 Å². The van der Waals surface area contributed by atoms with Gasteiger partial charge in [-0.25, -0.2) is 24.7 Å². The Bertz CT molecular complexity index is 1550. The first-order valence-corrected chi connectivity index (χ1v) is 16.0. The topological polar surface area (TPSA) is 141 Å². The number of nitrogens with one attached hydrogen (secondary N) is 2. The lowest BCUT2D eigenvalue weighted by Crippen LogP contribution is -2.44. The third-order valence-corrected chi connectivity index (χ3v) is 9.22. The summed E-state index contributed by atoms with van der Waals surface area (Å²) in [5.74, 6) is 2.58. The average Bonchev–Trinajstić information content (AvgIpc) is 3.47. The fourth-order valence-electron chi connectivity index (χ4n) is 6.62. The van der Waals surface area contributed by atoms with Crippen molar-refractivity contribution < 1.29 is 19.1 Å². The number of piperidine rings is 1. The molecule has 1 atom stereocenters. The van der Waals surface area contributed by atoms with E-state index in [-0.39, 0.29) is 17.9 Å². The molecule has 3 saturated heterocycles. The van der Waals surface area contributed by atoms with Crippen molar-refractivity contribution in [3.8, 4) is 11.4 Å². The molecule has 14 nitrogen and oxygen atoms in total. The summed E-state index contributed by atoms with van der Waals surface area (Å²) in [4.78, 5) is 53.1. The van der Waals surface area contributed by atoms with Crippen LogP contribution in [0.25, 0.3) is 11.4 Å². The Morgan fingerprint density at radius 2 is 1.57 bits per heavy atom. The molecule has 4 aliphatic heterocycles. The molecule has 0 aliphatic carbocycles. The van der Waals surface area contributed by atoms with E-state index in [9.17, 15) is 9.59 Å². The van der Waals surface area contributed by atoms with Gasteiger partial charge < -0.3 is 34.4 Å². The molecule has 2 N–H and O–H groups in total. The van der Waals surface area contributed by atoms with Crippen molar-refractivity contribution in [1.82, 2.24) is 29.7 Å².